The molecule has 0 spiro atoms. The van der Waals surface area contributed by atoms with E-state index in [0.717, 1.165) is 18.3 Å². The highest BCUT2D eigenvalue weighted by molar-refractivity contribution is 5.96. The number of carbonyl (C=O) groups is 1. The molecule has 0 aromatic heterocycles. The molecule has 0 atom stereocenters. The fraction of sp³-hybridized carbons (Fsp3) is 0. The van der Waals surface area contributed by atoms with Crippen LogP contribution in [0.3, 0.4) is 0 Å². The molecule has 0 aliphatic rings. The first-order chi connectivity index (χ1) is 9.99. The number of amides is 1. The molecule has 2 aromatic rings. The van der Waals surface area contributed by atoms with Gasteiger partial charge in [-0.05, 0) is 18.2 Å². The predicted octanol–water partition coefficient (Wildman–Crippen LogP) is 1.71. The van der Waals surface area contributed by atoms with E-state index in [9.17, 15) is 19.4 Å². The Morgan fingerprint density at radius 1 is 1.14 bits per heavy atom. The third-order valence-corrected chi connectivity index (χ3v) is 2.61. The van der Waals surface area contributed by atoms with Crippen molar-refractivity contribution in [1.82, 2.24) is 5.43 Å². The maximum Gasteiger partial charge on any atom is 0.271 e. The Morgan fingerprint density at radius 2 is 1.76 bits per heavy atom. The zero-order valence-electron chi connectivity index (χ0n) is 10.6. The van der Waals surface area contributed by atoms with Crippen LogP contribution in [0, 0.1) is 5.82 Å². The van der Waals surface area contributed by atoms with Gasteiger partial charge in [-0.15, -0.1) is 0 Å². The van der Waals surface area contributed by atoms with Crippen LogP contribution in [0.15, 0.2) is 41.5 Å². The number of carbonyl (C=O) groups excluding carboxylic acids is 1. The molecule has 0 saturated heterocycles. The summed E-state index contributed by atoms with van der Waals surface area (Å²) in [6.45, 7) is 0. The highest BCUT2D eigenvalue weighted by atomic mass is 19.1. The summed E-state index contributed by atoms with van der Waals surface area (Å²) in [6, 6.07) is 7.78. The molecular formula is C14H11FN2O4. The van der Waals surface area contributed by atoms with E-state index in [2.05, 4.69) is 10.5 Å². The average molecular weight is 290 g/mol. The summed E-state index contributed by atoms with van der Waals surface area (Å²) in [5, 5.41) is 31.3. The van der Waals surface area contributed by atoms with E-state index in [1.54, 1.807) is 6.07 Å². The smallest absolute Gasteiger partial charge is 0.271 e. The zero-order valence-corrected chi connectivity index (χ0v) is 10.6. The van der Waals surface area contributed by atoms with Crippen LogP contribution in [0.5, 0.6) is 17.2 Å². The Balaban J connectivity index is 2.11. The number of phenolic OH excluding ortho intramolecular Hbond substituents is 3. The van der Waals surface area contributed by atoms with Crippen LogP contribution in [0.2, 0.25) is 0 Å². The maximum atomic E-state index is 13.3. The first kappa shape index (κ1) is 14.3. The van der Waals surface area contributed by atoms with E-state index in [4.69, 9.17) is 5.11 Å². The van der Waals surface area contributed by atoms with Gasteiger partial charge in [0.05, 0.1) is 6.21 Å². The van der Waals surface area contributed by atoms with Crippen LogP contribution in [0.4, 0.5) is 4.39 Å². The van der Waals surface area contributed by atoms with Crippen LogP contribution in [-0.2, 0) is 0 Å². The van der Waals surface area contributed by atoms with Gasteiger partial charge in [-0.25, -0.2) is 9.82 Å². The molecule has 0 aliphatic heterocycles. The van der Waals surface area contributed by atoms with E-state index in [-0.39, 0.29) is 11.1 Å². The lowest BCUT2D eigenvalue weighted by Crippen LogP contribution is -2.17. The van der Waals surface area contributed by atoms with Crippen LogP contribution in [-0.4, -0.2) is 27.4 Å². The number of rotatable bonds is 3. The summed E-state index contributed by atoms with van der Waals surface area (Å²) in [4.78, 5) is 11.7. The van der Waals surface area contributed by atoms with Gasteiger partial charge in [-0.3, -0.25) is 4.79 Å². The molecule has 2 rings (SSSR count). The van der Waals surface area contributed by atoms with E-state index in [0.29, 0.717) is 0 Å². The SMILES string of the molecule is O=C(N/N=C\c1ccccc1F)c1cc(O)c(O)c(O)c1. The van der Waals surface area contributed by atoms with E-state index in [1.165, 1.54) is 18.2 Å². The molecule has 1 amide bonds. The first-order valence-corrected chi connectivity index (χ1v) is 5.82. The summed E-state index contributed by atoms with van der Waals surface area (Å²) in [6.07, 6.45) is 1.12. The number of nitrogens with one attached hydrogen (secondary N) is 1. The number of hydrogen-bond acceptors (Lipinski definition) is 5. The van der Waals surface area contributed by atoms with Crippen molar-refractivity contribution in [3.63, 3.8) is 0 Å². The van der Waals surface area contributed by atoms with Crippen molar-refractivity contribution < 1.29 is 24.5 Å². The van der Waals surface area contributed by atoms with Gasteiger partial charge in [0.15, 0.2) is 17.2 Å². The fourth-order valence-electron chi connectivity index (χ4n) is 1.54. The largest absolute Gasteiger partial charge is 0.504 e. The number of hydrogen-bond donors (Lipinski definition) is 4. The second-order valence-corrected chi connectivity index (χ2v) is 4.08. The van der Waals surface area contributed by atoms with E-state index in [1.807, 2.05) is 0 Å². The van der Waals surface area contributed by atoms with E-state index < -0.39 is 29.0 Å². The number of halogens is 1. The Bertz CT molecular complexity index is 693. The van der Waals surface area contributed by atoms with Gasteiger partial charge in [0, 0.05) is 11.1 Å². The lowest BCUT2D eigenvalue weighted by atomic mass is 10.2. The minimum Gasteiger partial charge on any atom is -0.504 e. The van der Waals surface area contributed by atoms with Gasteiger partial charge >= 0.3 is 0 Å². The molecule has 6 nitrogen and oxygen atoms in total. The first-order valence-electron chi connectivity index (χ1n) is 5.82. The van der Waals surface area contributed by atoms with Crippen LogP contribution < -0.4 is 5.43 Å². The predicted molar refractivity (Wildman–Crippen MR) is 72.9 cm³/mol. The molecule has 0 radical (unpaired) electrons. The highest BCUT2D eigenvalue weighted by Gasteiger charge is 2.12. The van der Waals surface area contributed by atoms with Crippen LogP contribution in [0.1, 0.15) is 15.9 Å². The van der Waals surface area contributed by atoms with Crippen molar-refractivity contribution in [2.45, 2.75) is 0 Å². The molecule has 0 bridgehead atoms. The molecule has 0 fully saturated rings. The van der Waals surface area contributed by atoms with Crippen molar-refractivity contribution in [2.75, 3.05) is 0 Å². The fourth-order valence-corrected chi connectivity index (χ4v) is 1.54. The number of hydrazone groups is 1. The standard InChI is InChI=1S/C14H11FN2O4/c15-10-4-2-1-3-8(10)7-16-17-14(21)9-5-11(18)13(20)12(19)6-9/h1-7,18-20H,(H,17,21)/b16-7-. The molecule has 108 valence electrons. The van der Waals surface area contributed by atoms with Gasteiger partial charge in [0.2, 0.25) is 0 Å². The van der Waals surface area contributed by atoms with Gasteiger partial charge in [-0.1, -0.05) is 18.2 Å². The summed E-state index contributed by atoms with van der Waals surface area (Å²) >= 11 is 0. The molecule has 4 N–H and O–H groups in total. The van der Waals surface area contributed by atoms with Crippen molar-refractivity contribution in [3.05, 3.63) is 53.3 Å². The maximum absolute atomic E-state index is 13.3. The summed E-state index contributed by atoms with van der Waals surface area (Å²) < 4.78 is 13.3. The van der Waals surface area contributed by atoms with Gasteiger partial charge < -0.3 is 15.3 Å². The second kappa shape index (κ2) is 5.91. The molecule has 21 heavy (non-hydrogen) atoms. The van der Waals surface area contributed by atoms with Crippen LogP contribution in [0.25, 0.3) is 0 Å². The average Bonchev–Trinajstić information content (AvgIpc) is 2.46. The third kappa shape index (κ3) is 3.27. The Labute approximate surface area is 118 Å². The molecule has 0 aliphatic carbocycles. The minimum atomic E-state index is -0.742. The number of nitrogens with zero attached hydrogens (tertiary/aromatic N) is 1. The van der Waals surface area contributed by atoms with Crippen molar-refractivity contribution in [3.8, 4) is 17.2 Å². The van der Waals surface area contributed by atoms with Gasteiger partial charge in [0.25, 0.3) is 5.91 Å². The highest BCUT2D eigenvalue weighted by Crippen LogP contribution is 2.35. The molecule has 0 saturated carbocycles. The van der Waals surface area contributed by atoms with Gasteiger partial charge in [-0.2, -0.15) is 5.10 Å². The molecule has 0 unspecified atom stereocenters. The lowest BCUT2D eigenvalue weighted by Gasteiger charge is -2.04. The monoisotopic (exact) mass is 290 g/mol. The lowest BCUT2D eigenvalue weighted by molar-refractivity contribution is 0.0954. The second-order valence-electron chi connectivity index (χ2n) is 4.08. The molecule has 7 heteroatoms. The molecule has 2 aromatic carbocycles. The van der Waals surface area contributed by atoms with Crippen molar-refractivity contribution in [2.24, 2.45) is 5.10 Å². The van der Waals surface area contributed by atoms with Gasteiger partial charge in [0.1, 0.15) is 5.82 Å². The molecular weight excluding hydrogens is 279 g/mol. The van der Waals surface area contributed by atoms with E-state index >= 15 is 0 Å². The normalized spacial score (nSPS) is 10.7. The Kier molecular flexibility index (Phi) is 4.03. The summed E-state index contributed by atoms with van der Waals surface area (Å²) in [7, 11) is 0. The number of benzene rings is 2. The quantitative estimate of drug-likeness (QED) is 0.392. The third-order valence-electron chi connectivity index (χ3n) is 2.61. The van der Waals surface area contributed by atoms with Crippen molar-refractivity contribution >= 4 is 12.1 Å². The Hall–Kier alpha value is -3.09. The topological polar surface area (TPSA) is 102 Å². The Morgan fingerprint density at radius 3 is 2.38 bits per heavy atom. The number of aromatic hydroxyl groups is 3. The summed E-state index contributed by atoms with van der Waals surface area (Å²) in [5.74, 6) is -3.23. The summed E-state index contributed by atoms with van der Waals surface area (Å²) in [5.41, 5.74) is 2.18. The zero-order chi connectivity index (χ0) is 15.4. The molecule has 0 heterocycles. The number of phenols is 3. The van der Waals surface area contributed by atoms with Crippen molar-refractivity contribution in [1.29, 1.82) is 0 Å². The van der Waals surface area contributed by atoms with Crippen LogP contribution >= 0.6 is 0 Å². The minimum absolute atomic E-state index is 0.117.